The SMILES string of the molecule is Cl.Cl.NCC1(NC(=O)c2csc(-c3ccccc3F)n2)CCCC1. The third-order valence-electron chi connectivity index (χ3n) is 4.17. The van der Waals surface area contributed by atoms with Crippen LogP contribution < -0.4 is 11.1 Å². The van der Waals surface area contributed by atoms with Gasteiger partial charge in [0.05, 0.1) is 5.54 Å². The first-order chi connectivity index (χ1) is 10.6. The molecule has 0 bridgehead atoms. The van der Waals surface area contributed by atoms with E-state index >= 15 is 0 Å². The lowest BCUT2D eigenvalue weighted by Gasteiger charge is -2.28. The van der Waals surface area contributed by atoms with E-state index in [-0.39, 0.29) is 42.1 Å². The lowest BCUT2D eigenvalue weighted by atomic mass is 9.98. The second kappa shape index (κ2) is 8.76. The molecule has 0 atom stereocenters. The molecule has 2 aromatic rings. The van der Waals surface area contributed by atoms with Crippen LogP contribution in [0.15, 0.2) is 29.6 Å². The molecule has 1 aliphatic carbocycles. The van der Waals surface area contributed by atoms with E-state index in [1.807, 2.05) is 0 Å². The molecular weight excluding hydrogens is 372 g/mol. The molecule has 8 heteroatoms. The second-order valence-corrected chi connectivity index (χ2v) is 6.52. The predicted octanol–water partition coefficient (Wildman–Crippen LogP) is 3.79. The highest BCUT2D eigenvalue weighted by Crippen LogP contribution is 2.30. The minimum absolute atomic E-state index is 0. The Bertz CT molecular complexity index is 689. The lowest BCUT2D eigenvalue weighted by Crippen LogP contribution is -2.51. The van der Waals surface area contributed by atoms with Crippen LogP contribution in [-0.4, -0.2) is 23.0 Å². The number of nitrogens with one attached hydrogen (secondary N) is 1. The van der Waals surface area contributed by atoms with E-state index < -0.39 is 0 Å². The van der Waals surface area contributed by atoms with E-state index in [4.69, 9.17) is 5.73 Å². The van der Waals surface area contributed by atoms with E-state index in [1.54, 1.807) is 23.6 Å². The molecule has 0 radical (unpaired) electrons. The van der Waals surface area contributed by atoms with E-state index in [1.165, 1.54) is 17.4 Å². The van der Waals surface area contributed by atoms with Crippen LogP contribution in [0.4, 0.5) is 4.39 Å². The first kappa shape index (κ1) is 20.8. The van der Waals surface area contributed by atoms with Crippen molar-refractivity contribution in [3.63, 3.8) is 0 Å². The maximum Gasteiger partial charge on any atom is 0.271 e. The number of nitrogens with two attached hydrogens (primary N) is 1. The molecule has 3 N–H and O–H groups in total. The van der Waals surface area contributed by atoms with Gasteiger partial charge in [-0.3, -0.25) is 4.79 Å². The molecule has 1 saturated carbocycles. The number of aromatic nitrogens is 1. The van der Waals surface area contributed by atoms with Gasteiger partial charge in [-0.15, -0.1) is 36.2 Å². The molecule has 1 aromatic carbocycles. The normalized spacial score (nSPS) is 15.2. The van der Waals surface area contributed by atoms with Gasteiger partial charge in [-0.05, 0) is 25.0 Å². The first-order valence-electron chi connectivity index (χ1n) is 7.37. The summed E-state index contributed by atoms with van der Waals surface area (Å²) in [6, 6.07) is 6.43. The van der Waals surface area contributed by atoms with Crippen molar-refractivity contribution in [3.8, 4) is 10.6 Å². The predicted molar refractivity (Wildman–Crippen MR) is 99.7 cm³/mol. The molecule has 24 heavy (non-hydrogen) atoms. The first-order valence-corrected chi connectivity index (χ1v) is 8.24. The third kappa shape index (κ3) is 4.25. The Hall–Kier alpha value is -1.21. The number of hydrogen-bond donors (Lipinski definition) is 2. The smallest absolute Gasteiger partial charge is 0.271 e. The van der Waals surface area contributed by atoms with Crippen LogP contribution >= 0.6 is 36.2 Å². The fraction of sp³-hybridized carbons (Fsp3) is 0.375. The Morgan fingerprint density at radius 1 is 1.29 bits per heavy atom. The van der Waals surface area contributed by atoms with Gasteiger partial charge < -0.3 is 11.1 Å². The fourth-order valence-electron chi connectivity index (χ4n) is 2.87. The van der Waals surface area contributed by atoms with Gasteiger partial charge in [0, 0.05) is 17.5 Å². The van der Waals surface area contributed by atoms with Crippen molar-refractivity contribution in [1.29, 1.82) is 0 Å². The van der Waals surface area contributed by atoms with Crippen LogP contribution in [0.2, 0.25) is 0 Å². The Morgan fingerprint density at radius 2 is 1.96 bits per heavy atom. The van der Waals surface area contributed by atoms with Crippen molar-refractivity contribution in [2.45, 2.75) is 31.2 Å². The zero-order chi connectivity index (χ0) is 15.6. The molecule has 1 aromatic heterocycles. The van der Waals surface area contributed by atoms with Crippen molar-refractivity contribution < 1.29 is 9.18 Å². The molecule has 3 rings (SSSR count). The van der Waals surface area contributed by atoms with Gasteiger partial charge in [0.15, 0.2) is 0 Å². The van der Waals surface area contributed by atoms with Crippen LogP contribution in [0, 0.1) is 5.82 Å². The number of thiazole rings is 1. The maximum absolute atomic E-state index is 13.8. The number of rotatable bonds is 4. The van der Waals surface area contributed by atoms with Gasteiger partial charge in [0.1, 0.15) is 16.5 Å². The van der Waals surface area contributed by atoms with Crippen LogP contribution in [0.25, 0.3) is 10.6 Å². The molecule has 0 unspecified atom stereocenters. The minimum Gasteiger partial charge on any atom is -0.344 e. The lowest BCUT2D eigenvalue weighted by molar-refractivity contribution is 0.0898. The topological polar surface area (TPSA) is 68.0 Å². The monoisotopic (exact) mass is 391 g/mol. The van der Waals surface area contributed by atoms with Crippen LogP contribution in [0.1, 0.15) is 36.2 Å². The number of halogens is 3. The Kier molecular flexibility index (Phi) is 7.60. The molecule has 0 aliphatic heterocycles. The average Bonchev–Trinajstić information content (AvgIpc) is 3.17. The summed E-state index contributed by atoms with van der Waals surface area (Å²) < 4.78 is 13.8. The maximum atomic E-state index is 13.8. The molecular formula is C16H20Cl2FN3OS. The van der Waals surface area contributed by atoms with Gasteiger partial charge in [-0.25, -0.2) is 9.37 Å². The number of nitrogens with zero attached hydrogens (tertiary/aromatic N) is 1. The number of carbonyl (C=O) groups excluding carboxylic acids is 1. The number of benzene rings is 1. The molecule has 1 aliphatic rings. The largest absolute Gasteiger partial charge is 0.344 e. The third-order valence-corrected chi connectivity index (χ3v) is 5.05. The zero-order valence-electron chi connectivity index (χ0n) is 13.0. The van der Waals surface area contributed by atoms with E-state index in [0.717, 1.165) is 25.7 Å². The van der Waals surface area contributed by atoms with Gasteiger partial charge >= 0.3 is 0 Å². The Balaban J connectivity index is 0.00000144. The highest BCUT2D eigenvalue weighted by molar-refractivity contribution is 7.13. The van der Waals surface area contributed by atoms with Crippen LogP contribution in [0.3, 0.4) is 0 Å². The average molecular weight is 392 g/mol. The van der Waals surface area contributed by atoms with Crippen molar-refractivity contribution in [2.75, 3.05) is 6.54 Å². The van der Waals surface area contributed by atoms with Crippen molar-refractivity contribution in [3.05, 3.63) is 41.2 Å². The zero-order valence-corrected chi connectivity index (χ0v) is 15.4. The number of amides is 1. The summed E-state index contributed by atoms with van der Waals surface area (Å²) in [4.78, 5) is 16.7. The molecule has 1 amide bonds. The minimum atomic E-state index is -0.335. The highest BCUT2D eigenvalue weighted by atomic mass is 35.5. The number of carbonyl (C=O) groups is 1. The van der Waals surface area contributed by atoms with Gasteiger partial charge in [0.2, 0.25) is 0 Å². The highest BCUT2D eigenvalue weighted by Gasteiger charge is 2.34. The number of hydrogen-bond acceptors (Lipinski definition) is 4. The van der Waals surface area contributed by atoms with Crippen molar-refractivity contribution >= 4 is 42.1 Å². The standard InChI is InChI=1S/C16H18FN3OS.2ClH/c17-12-6-2-1-5-11(12)15-19-13(9-22-15)14(21)20-16(10-18)7-3-4-8-16;;/h1-2,5-6,9H,3-4,7-8,10,18H2,(H,20,21);2*1H. The van der Waals surface area contributed by atoms with Crippen molar-refractivity contribution in [1.82, 2.24) is 10.3 Å². The summed E-state index contributed by atoms with van der Waals surface area (Å²) in [5.74, 6) is -0.566. The quantitative estimate of drug-likeness (QED) is 0.832. The van der Waals surface area contributed by atoms with Crippen molar-refractivity contribution in [2.24, 2.45) is 5.73 Å². The fourth-order valence-corrected chi connectivity index (χ4v) is 3.70. The van der Waals surface area contributed by atoms with E-state index in [0.29, 0.717) is 22.8 Å². The second-order valence-electron chi connectivity index (χ2n) is 5.66. The summed E-state index contributed by atoms with van der Waals surface area (Å²) >= 11 is 1.27. The molecule has 4 nitrogen and oxygen atoms in total. The molecule has 0 spiro atoms. The summed E-state index contributed by atoms with van der Waals surface area (Å²) in [6.45, 7) is 0.434. The molecule has 1 heterocycles. The van der Waals surface area contributed by atoms with E-state index in [9.17, 15) is 9.18 Å². The van der Waals surface area contributed by atoms with Crippen LogP contribution in [0.5, 0.6) is 0 Å². The molecule has 132 valence electrons. The van der Waals surface area contributed by atoms with Gasteiger partial charge in [0.25, 0.3) is 5.91 Å². The molecule has 1 fully saturated rings. The van der Waals surface area contributed by atoms with E-state index in [2.05, 4.69) is 10.3 Å². The molecule has 0 saturated heterocycles. The summed E-state index contributed by atoms with van der Waals surface area (Å²) in [7, 11) is 0. The van der Waals surface area contributed by atoms with Crippen LogP contribution in [-0.2, 0) is 0 Å². The Labute approximate surface area is 156 Å². The van der Waals surface area contributed by atoms with Gasteiger partial charge in [-0.1, -0.05) is 25.0 Å². The summed E-state index contributed by atoms with van der Waals surface area (Å²) in [5, 5.41) is 5.20. The summed E-state index contributed by atoms with van der Waals surface area (Å²) in [6.07, 6.45) is 3.96. The van der Waals surface area contributed by atoms with Gasteiger partial charge in [-0.2, -0.15) is 0 Å². The summed E-state index contributed by atoms with van der Waals surface area (Å²) in [5.41, 5.74) is 6.26. The Morgan fingerprint density at radius 3 is 2.58 bits per heavy atom.